The molecule has 2 atom stereocenters. The third kappa shape index (κ3) is 2.17. The van der Waals surface area contributed by atoms with Crippen molar-refractivity contribution in [1.29, 1.82) is 0 Å². The zero-order chi connectivity index (χ0) is 13.1. The van der Waals surface area contributed by atoms with E-state index in [1.807, 2.05) is 27.0 Å². The lowest BCUT2D eigenvalue weighted by Crippen LogP contribution is -2.32. The van der Waals surface area contributed by atoms with Gasteiger partial charge in [-0.1, -0.05) is 13.8 Å². The molecule has 0 spiro atoms. The van der Waals surface area contributed by atoms with Crippen LogP contribution in [0.5, 0.6) is 0 Å². The minimum absolute atomic E-state index is 0.454. The number of nitrogens with zero attached hydrogens (tertiary/aromatic N) is 4. The van der Waals surface area contributed by atoms with Gasteiger partial charge in [0.25, 0.3) is 0 Å². The van der Waals surface area contributed by atoms with E-state index < -0.39 is 0 Å². The predicted molar refractivity (Wildman–Crippen MR) is 70.2 cm³/mol. The van der Waals surface area contributed by atoms with Gasteiger partial charge < -0.3 is 9.80 Å². The molecule has 0 N–H and O–H groups in total. The van der Waals surface area contributed by atoms with Crippen molar-refractivity contribution in [3.05, 3.63) is 18.6 Å². The molecule has 1 aliphatic carbocycles. The Bertz CT molecular complexity index is 385. The molecule has 5 nitrogen and oxygen atoms in total. The summed E-state index contributed by atoms with van der Waals surface area (Å²) in [5, 5.41) is 0. The second kappa shape index (κ2) is 5.33. The third-order valence-corrected chi connectivity index (χ3v) is 3.68. The van der Waals surface area contributed by atoms with Gasteiger partial charge in [-0.05, 0) is 6.07 Å². The van der Waals surface area contributed by atoms with Crippen LogP contribution in [-0.2, 0) is 4.79 Å². The maximum atomic E-state index is 10.7. The molecule has 1 saturated heterocycles. The van der Waals surface area contributed by atoms with E-state index in [-0.39, 0.29) is 0 Å². The number of carbonyl (C=O) groups is 1. The second-order valence-electron chi connectivity index (χ2n) is 4.56. The van der Waals surface area contributed by atoms with Gasteiger partial charge in [0.1, 0.15) is 12.1 Å². The molecule has 1 amide bonds. The first kappa shape index (κ1) is 12.8. The molecule has 2 fully saturated rings. The molecule has 2 aliphatic rings. The number of hydrogen-bond acceptors (Lipinski definition) is 4. The molecule has 1 aromatic rings. The number of carbonyl (C=O) groups excluding carboxylic acids is 1. The Kier molecular flexibility index (Phi) is 3.79. The summed E-state index contributed by atoms with van der Waals surface area (Å²) in [5.41, 5.74) is 0. The Balaban J connectivity index is 0.000000574. The van der Waals surface area contributed by atoms with Gasteiger partial charge in [-0.25, -0.2) is 9.97 Å². The quantitative estimate of drug-likeness (QED) is 0.750. The van der Waals surface area contributed by atoms with Crippen LogP contribution in [0.1, 0.15) is 13.8 Å². The largest absolute Gasteiger partial charge is 0.356 e. The van der Waals surface area contributed by atoms with Gasteiger partial charge in [0, 0.05) is 44.2 Å². The molecule has 1 saturated carbocycles. The van der Waals surface area contributed by atoms with Crippen LogP contribution in [0.3, 0.4) is 0 Å². The fraction of sp³-hybridized carbons (Fsp3) is 0.615. The molecule has 18 heavy (non-hydrogen) atoms. The van der Waals surface area contributed by atoms with Gasteiger partial charge in [-0.2, -0.15) is 0 Å². The van der Waals surface area contributed by atoms with E-state index in [1.54, 1.807) is 17.4 Å². The maximum absolute atomic E-state index is 10.7. The molecule has 0 radical (unpaired) electrons. The number of fused-ring (bicyclic) bond motifs is 1. The lowest BCUT2D eigenvalue weighted by atomic mass is 10.3. The van der Waals surface area contributed by atoms with Gasteiger partial charge >= 0.3 is 0 Å². The van der Waals surface area contributed by atoms with E-state index in [1.165, 1.54) is 0 Å². The molecule has 1 aliphatic heterocycles. The van der Waals surface area contributed by atoms with Crippen molar-refractivity contribution in [2.75, 3.05) is 25.0 Å². The van der Waals surface area contributed by atoms with E-state index in [2.05, 4.69) is 14.9 Å². The van der Waals surface area contributed by atoms with Crippen LogP contribution in [-0.4, -0.2) is 47.5 Å². The van der Waals surface area contributed by atoms with Gasteiger partial charge in [0.2, 0.25) is 6.41 Å². The molecule has 3 rings (SSSR count). The minimum Gasteiger partial charge on any atom is -0.356 e. The Morgan fingerprint density at radius 3 is 2.56 bits per heavy atom. The van der Waals surface area contributed by atoms with Crippen molar-refractivity contribution < 1.29 is 4.79 Å². The summed E-state index contributed by atoms with van der Waals surface area (Å²) in [6, 6.07) is 2.39. The molecule has 5 heteroatoms. The number of piperidine rings is 1. The van der Waals surface area contributed by atoms with Crippen molar-refractivity contribution in [1.82, 2.24) is 14.9 Å². The Hall–Kier alpha value is -1.65. The first-order valence-electron chi connectivity index (χ1n) is 6.49. The number of rotatable bonds is 3. The molecule has 2 heterocycles. The Labute approximate surface area is 108 Å². The van der Waals surface area contributed by atoms with Crippen LogP contribution >= 0.6 is 0 Å². The van der Waals surface area contributed by atoms with Crippen molar-refractivity contribution in [2.45, 2.75) is 19.9 Å². The fourth-order valence-electron chi connectivity index (χ4n) is 2.83. The third-order valence-electron chi connectivity index (χ3n) is 3.68. The number of hydrogen-bond donors (Lipinski definition) is 0. The Morgan fingerprint density at radius 2 is 2.06 bits per heavy atom. The van der Waals surface area contributed by atoms with Gasteiger partial charge in [-0.15, -0.1) is 0 Å². The number of aromatic nitrogens is 2. The van der Waals surface area contributed by atoms with Crippen LogP contribution in [0.4, 0.5) is 5.82 Å². The summed E-state index contributed by atoms with van der Waals surface area (Å²) in [5.74, 6) is 2.25. The highest BCUT2D eigenvalue weighted by molar-refractivity contribution is 5.50. The summed E-state index contributed by atoms with van der Waals surface area (Å²) in [4.78, 5) is 22.9. The number of anilines is 1. The maximum Gasteiger partial charge on any atom is 0.209 e. The average Bonchev–Trinajstić information content (AvgIpc) is 2.95. The highest BCUT2D eigenvalue weighted by Crippen LogP contribution is 2.48. The average molecular weight is 248 g/mol. The first-order valence-corrected chi connectivity index (χ1v) is 6.49. The van der Waals surface area contributed by atoms with Crippen LogP contribution < -0.4 is 4.90 Å². The van der Waals surface area contributed by atoms with E-state index in [4.69, 9.17) is 0 Å². The van der Waals surface area contributed by atoms with E-state index >= 15 is 0 Å². The molecular formula is C13H20N4O. The second-order valence-corrected chi connectivity index (χ2v) is 4.56. The monoisotopic (exact) mass is 248 g/mol. The van der Waals surface area contributed by atoms with Crippen molar-refractivity contribution >= 4 is 12.2 Å². The minimum atomic E-state index is 0.454. The Morgan fingerprint density at radius 1 is 1.39 bits per heavy atom. The topological polar surface area (TPSA) is 49.3 Å². The van der Waals surface area contributed by atoms with Gasteiger partial charge in [-0.3, -0.25) is 4.79 Å². The zero-order valence-corrected chi connectivity index (χ0v) is 11.2. The summed E-state index contributed by atoms with van der Waals surface area (Å²) in [7, 11) is 1.87. The lowest BCUT2D eigenvalue weighted by molar-refractivity contribution is -0.117. The SMILES string of the molecule is CC.CN(C=O)C1C2CN(c3ccncn3)CC21. The van der Waals surface area contributed by atoms with Crippen molar-refractivity contribution in [2.24, 2.45) is 11.8 Å². The van der Waals surface area contributed by atoms with E-state index in [0.717, 1.165) is 25.3 Å². The standard InChI is InChI=1S/C11H14N4O.C2H6/c1-14(7-16)11-8-4-15(5-9(8)11)10-2-3-12-6-13-10;1-2/h2-3,6-9,11H,4-5H2,1H3;1-2H3. The fourth-order valence-corrected chi connectivity index (χ4v) is 2.83. The molecule has 2 unspecified atom stereocenters. The first-order chi connectivity index (χ1) is 8.81. The summed E-state index contributed by atoms with van der Waals surface area (Å²) in [6.07, 6.45) is 4.27. The van der Waals surface area contributed by atoms with Gasteiger partial charge in [0.05, 0.1) is 0 Å². The zero-order valence-electron chi connectivity index (χ0n) is 11.2. The van der Waals surface area contributed by atoms with E-state index in [0.29, 0.717) is 17.9 Å². The summed E-state index contributed by atoms with van der Waals surface area (Å²) < 4.78 is 0. The van der Waals surface area contributed by atoms with Crippen LogP contribution in [0.2, 0.25) is 0 Å². The van der Waals surface area contributed by atoms with Crippen LogP contribution in [0, 0.1) is 11.8 Å². The van der Waals surface area contributed by atoms with Crippen molar-refractivity contribution in [3.8, 4) is 0 Å². The van der Waals surface area contributed by atoms with Crippen LogP contribution in [0.25, 0.3) is 0 Å². The molecule has 0 aromatic carbocycles. The summed E-state index contributed by atoms with van der Waals surface area (Å²) in [6.45, 7) is 6.01. The molecule has 1 aromatic heterocycles. The summed E-state index contributed by atoms with van der Waals surface area (Å²) >= 11 is 0. The molecule has 98 valence electrons. The molecule has 0 bridgehead atoms. The lowest BCUT2D eigenvalue weighted by Gasteiger charge is -2.22. The normalized spacial score (nSPS) is 27.9. The molecular weight excluding hydrogens is 228 g/mol. The highest BCUT2D eigenvalue weighted by Gasteiger charge is 2.57. The van der Waals surface area contributed by atoms with Gasteiger partial charge in [0.15, 0.2) is 0 Å². The smallest absolute Gasteiger partial charge is 0.209 e. The highest BCUT2D eigenvalue weighted by atomic mass is 16.1. The van der Waals surface area contributed by atoms with Crippen LogP contribution in [0.15, 0.2) is 18.6 Å². The predicted octanol–water partition coefficient (Wildman–Crippen LogP) is 1.03. The number of amides is 1. The van der Waals surface area contributed by atoms with E-state index in [9.17, 15) is 4.79 Å². The van der Waals surface area contributed by atoms with Crippen molar-refractivity contribution in [3.63, 3.8) is 0 Å².